The fourth-order valence-corrected chi connectivity index (χ4v) is 3.97. The first-order chi connectivity index (χ1) is 14.0. The van der Waals surface area contributed by atoms with Crippen LogP contribution in [0.5, 0.6) is 0 Å². The van der Waals surface area contributed by atoms with Gasteiger partial charge in [-0.3, -0.25) is 4.90 Å². The van der Waals surface area contributed by atoms with Crippen LogP contribution in [-0.4, -0.2) is 70.0 Å². The van der Waals surface area contributed by atoms with Crippen LogP contribution >= 0.6 is 0 Å². The molecule has 8 nitrogen and oxygen atoms in total. The average molecular weight is 404 g/mol. The molecule has 1 aliphatic heterocycles. The van der Waals surface area contributed by atoms with Gasteiger partial charge >= 0.3 is 6.09 Å². The maximum absolute atomic E-state index is 13.6. The molecule has 0 bridgehead atoms. The third-order valence-electron chi connectivity index (χ3n) is 5.64. The molecule has 1 saturated carbocycles. The van der Waals surface area contributed by atoms with E-state index in [1.807, 2.05) is 6.92 Å². The summed E-state index contributed by atoms with van der Waals surface area (Å²) in [6.45, 7) is 2.97. The largest absolute Gasteiger partial charge is 0.465 e. The van der Waals surface area contributed by atoms with Crippen molar-refractivity contribution in [3.63, 3.8) is 0 Å². The normalized spacial score (nSPS) is 23.9. The van der Waals surface area contributed by atoms with Gasteiger partial charge in [-0.25, -0.2) is 9.18 Å². The standard InChI is InChI=1S/C20H25FN4O4/c1-12-9-25(16(11-28-2)10-24(12)20(26)27)17(13-5-7-15(21)8-6-13)19-22-18(23-29-19)14-3-4-14/h5-8,12,14,16-17H,3-4,9-11H2,1-2H3,(H,26,27)/t12-,16-,17?/m0/s1. The van der Waals surface area contributed by atoms with E-state index in [2.05, 4.69) is 15.0 Å². The molecule has 2 heterocycles. The van der Waals surface area contributed by atoms with E-state index in [1.54, 1.807) is 19.2 Å². The minimum Gasteiger partial charge on any atom is -0.465 e. The number of methoxy groups -OCH3 is 1. The number of hydrogen-bond acceptors (Lipinski definition) is 6. The Morgan fingerprint density at radius 1 is 1.34 bits per heavy atom. The monoisotopic (exact) mass is 404 g/mol. The molecule has 2 aromatic rings. The van der Waals surface area contributed by atoms with Crippen molar-refractivity contribution >= 4 is 6.09 Å². The number of halogens is 1. The third kappa shape index (κ3) is 4.11. The SMILES string of the molecule is COC[C@@H]1CN(C(=O)O)[C@@H](C)CN1C(c1ccc(F)cc1)c1nc(C2CC2)no1. The summed E-state index contributed by atoms with van der Waals surface area (Å²) in [5, 5.41) is 13.7. The molecule has 1 aromatic carbocycles. The Morgan fingerprint density at radius 3 is 2.69 bits per heavy atom. The molecule has 2 aliphatic rings. The zero-order valence-electron chi connectivity index (χ0n) is 16.5. The summed E-state index contributed by atoms with van der Waals surface area (Å²) < 4.78 is 24.6. The number of amides is 1. The van der Waals surface area contributed by atoms with E-state index in [-0.39, 0.29) is 17.9 Å². The number of rotatable bonds is 6. The van der Waals surface area contributed by atoms with Crippen LogP contribution in [0.1, 0.15) is 49.0 Å². The average Bonchev–Trinajstić information content (AvgIpc) is 3.43. The van der Waals surface area contributed by atoms with Crippen LogP contribution in [0.3, 0.4) is 0 Å². The van der Waals surface area contributed by atoms with Gasteiger partial charge in [-0.2, -0.15) is 4.98 Å². The van der Waals surface area contributed by atoms with Gasteiger partial charge in [-0.1, -0.05) is 17.3 Å². The Balaban J connectivity index is 1.71. The van der Waals surface area contributed by atoms with Gasteiger partial charge in [-0.15, -0.1) is 0 Å². The van der Waals surface area contributed by atoms with Crippen molar-refractivity contribution in [2.75, 3.05) is 26.8 Å². The first kappa shape index (κ1) is 19.8. The molecule has 1 amide bonds. The van der Waals surface area contributed by atoms with Gasteiger partial charge in [0.15, 0.2) is 5.82 Å². The molecule has 1 N–H and O–H groups in total. The second-order valence-corrected chi connectivity index (χ2v) is 7.81. The number of aromatic nitrogens is 2. The Hall–Kier alpha value is -2.52. The lowest BCUT2D eigenvalue weighted by Gasteiger charge is -2.46. The summed E-state index contributed by atoms with van der Waals surface area (Å²) >= 11 is 0. The summed E-state index contributed by atoms with van der Waals surface area (Å²) in [5.74, 6) is 1.16. The second kappa shape index (κ2) is 8.08. The highest BCUT2D eigenvalue weighted by molar-refractivity contribution is 5.65. The van der Waals surface area contributed by atoms with Gasteiger partial charge in [-0.05, 0) is 37.5 Å². The number of ether oxygens (including phenoxy) is 1. The molecule has 0 radical (unpaired) electrons. The predicted molar refractivity (Wildman–Crippen MR) is 101 cm³/mol. The van der Waals surface area contributed by atoms with E-state index in [9.17, 15) is 14.3 Å². The van der Waals surface area contributed by atoms with Gasteiger partial charge in [0.05, 0.1) is 12.6 Å². The van der Waals surface area contributed by atoms with Gasteiger partial charge < -0.3 is 19.3 Å². The summed E-state index contributed by atoms with van der Waals surface area (Å²) in [5.41, 5.74) is 0.814. The molecule has 1 saturated heterocycles. The number of carboxylic acid groups (broad SMARTS) is 1. The van der Waals surface area contributed by atoms with E-state index in [1.165, 1.54) is 17.0 Å². The molecule has 2 fully saturated rings. The lowest BCUT2D eigenvalue weighted by atomic mass is 9.99. The first-order valence-electron chi connectivity index (χ1n) is 9.81. The van der Waals surface area contributed by atoms with Crippen molar-refractivity contribution in [1.29, 1.82) is 0 Å². The zero-order valence-corrected chi connectivity index (χ0v) is 16.5. The topological polar surface area (TPSA) is 91.9 Å². The fraction of sp³-hybridized carbons (Fsp3) is 0.550. The van der Waals surface area contributed by atoms with Crippen molar-refractivity contribution in [3.8, 4) is 0 Å². The van der Waals surface area contributed by atoms with Crippen LogP contribution in [0.4, 0.5) is 9.18 Å². The van der Waals surface area contributed by atoms with Crippen LogP contribution in [-0.2, 0) is 4.74 Å². The van der Waals surface area contributed by atoms with E-state index in [0.717, 1.165) is 18.4 Å². The van der Waals surface area contributed by atoms with Gasteiger partial charge in [0, 0.05) is 32.2 Å². The summed E-state index contributed by atoms with van der Waals surface area (Å²) in [6.07, 6.45) is 1.16. The Morgan fingerprint density at radius 2 is 2.07 bits per heavy atom. The maximum atomic E-state index is 13.6. The third-order valence-corrected chi connectivity index (χ3v) is 5.64. The number of hydrogen-bond donors (Lipinski definition) is 1. The minimum atomic E-state index is -0.953. The highest BCUT2D eigenvalue weighted by Gasteiger charge is 2.41. The van der Waals surface area contributed by atoms with E-state index in [4.69, 9.17) is 9.26 Å². The lowest BCUT2D eigenvalue weighted by molar-refractivity contribution is -0.0152. The van der Waals surface area contributed by atoms with Gasteiger partial charge in [0.2, 0.25) is 5.89 Å². The molecule has 0 spiro atoms. The van der Waals surface area contributed by atoms with Crippen molar-refractivity contribution in [2.45, 2.75) is 43.8 Å². The number of piperazine rings is 1. The van der Waals surface area contributed by atoms with Crippen molar-refractivity contribution in [2.24, 2.45) is 0 Å². The minimum absolute atomic E-state index is 0.210. The molecule has 1 aromatic heterocycles. The highest BCUT2D eigenvalue weighted by Crippen LogP contribution is 2.40. The highest BCUT2D eigenvalue weighted by atomic mass is 19.1. The van der Waals surface area contributed by atoms with Gasteiger partial charge in [0.1, 0.15) is 11.9 Å². The van der Waals surface area contributed by atoms with Crippen molar-refractivity contribution < 1.29 is 23.6 Å². The first-order valence-corrected chi connectivity index (χ1v) is 9.81. The predicted octanol–water partition coefficient (Wildman–Crippen LogP) is 2.87. The number of benzene rings is 1. The summed E-state index contributed by atoms with van der Waals surface area (Å²) in [7, 11) is 1.59. The Labute approximate surface area is 168 Å². The smallest absolute Gasteiger partial charge is 0.407 e. The zero-order chi connectivity index (χ0) is 20.5. The molecule has 3 atom stereocenters. The molecule has 1 unspecified atom stereocenters. The Kier molecular flexibility index (Phi) is 5.51. The molecule has 1 aliphatic carbocycles. The second-order valence-electron chi connectivity index (χ2n) is 7.81. The summed E-state index contributed by atoms with van der Waals surface area (Å²) in [6, 6.07) is 5.38. The van der Waals surface area contributed by atoms with Crippen LogP contribution in [0.15, 0.2) is 28.8 Å². The molecule has 4 rings (SSSR count). The van der Waals surface area contributed by atoms with Crippen LogP contribution in [0, 0.1) is 5.82 Å². The number of carbonyl (C=O) groups is 1. The molecule has 156 valence electrons. The molecule has 9 heteroatoms. The van der Waals surface area contributed by atoms with Crippen LogP contribution in [0.2, 0.25) is 0 Å². The summed E-state index contributed by atoms with van der Waals surface area (Å²) in [4.78, 5) is 19.8. The van der Waals surface area contributed by atoms with Gasteiger partial charge in [0.25, 0.3) is 0 Å². The fourth-order valence-electron chi connectivity index (χ4n) is 3.97. The lowest BCUT2D eigenvalue weighted by Crippen LogP contribution is -2.60. The Bertz CT molecular complexity index is 854. The van der Waals surface area contributed by atoms with E-state index in [0.29, 0.717) is 37.3 Å². The van der Waals surface area contributed by atoms with Crippen molar-refractivity contribution in [3.05, 3.63) is 47.4 Å². The molecular weight excluding hydrogens is 379 g/mol. The van der Waals surface area contributed by atoms with E-state index < -0.39 is 12.1 Å². The van der Waals surface area contributed by atoms with E-state index >= 15 is 0 Å². The number of nitrogens with zero attached hydrogens (tertiary/aromatic N) is 4. The van der Waals surface area contributed by atoms with Crippen LogP contribution in [0.25, 0.3) is 0 Å². The molecular formula is C20H25FN4O4. The quantitative estimate of drug-likeness (QED) is 0.791. The van der Waals surface area contributed by atoms with Crippen molar-refractivity contribution in [1.82, 2.24) is 19.9 Å². The molecule has 29 heavy (non-hydrogen) atoms. The van der Waals surface area contributed by atoms with Crippen LogP contribution < -0.4 is 0 Å². The maximum Gasteiger partial charge on any atom is 0.407 e.